The van der Waals surface area contributed by atoms with Gasteiger partial charge >= 0.3 is 0 Å². The van der Waals surface area contributed by atoms with Crippen molar-refractivity contribution in [2.75, 3.05) is 6.61 Å². The largest absolute Gasteiger partial charge is 0.489 e. The van der Waals surface area contributed by atoms with Crippen LogP contribution in [0, 0.1) is 0 Å². The van der Waals surface area contributed by atoms with Crippen LogP contribution < -0.4 is 10.3 Å². The summed E-state index contributed by atoms with van der Waals surface area (Å²) in [6, 6.07) is 12.7. The molecule has 6 heteroatoms. The number of halogens is 1. The number of aromatic nitrogens is 2. The molecule has 30 heavy (non-hydrogen) atoms. The van der Waals surface area contributed by atoms with Gasteiger partial charge in [0, 0.05) is 16.5 Å². The van der Waals surface area contributed by atoms with E-state index in [0.29, 0.717) is 33.8 Å². The number of benzene rings is 2. The summed E-state index contributed by atoms with van der Waals surface area (Å²) < 4.78 is 7.16. The lowest BCUT2D eigenvalue weighted by molar-refractivity contribution is 0.362. The fourth-order valence-corrected chi connectivity index (χ4v) is 4.08. The second-order valence-electron chi connectivity index (χ2n) is 7.47. The van der Waals surface area contributed by atoms with Gasteiger partial charge in [-0.2, -0.15) is 9.78 Å². The monoisotopic (exact) mass is 421 g/mol. The molecule has 1 fully saturated rings. The molecule has 1 aromatic heterocycles. The zero-order valence-electron chi connectivity index (χ0n) is 16.8. The van der Waals surface area contributed by atoms with Crippen molar-refractivity contribution in [3.63, 3.8) is 0 Å². The first-order chi connectivity index (χ1) is 14.7. The average Bonchev–Trinajstić information content (AvgIpc) is 2.78. The third kappa shape index (κ3) is 4.31. The van der Waals surface area contributed by atoms with Crippen molar-refractivity contribution in [2.24, 2.45) is 5.10 Å². The van der Waals surface area contributed by atoms with Crippen LogP contribution in [0.5, 0.6) is 5.75 Å². The Hall–Kier alpha value is -2.92. The predicted molar refractivity (Wildman–Crippen MR) is 122 cm³/mol. The van der Waals surface area contributed by atoms with Crippen LogP contribution in [0.4, 0.5) is 0 Å². The highest BCUT2D eigenvalue weighted by Gasteiger charge is 2.22. The summed E-state index contributed by atoms with van der Waals surface area (Å²) in [7, 11) is 0. The van der Waals surface area contributed by atoms with Gasteiger partial charge in [0.25, 0.3) is 5.56 Å². The fraction of sp³-hybridized carbons (Fsp3) is 0.292. The first kappa shape index (κ1) is 20.4. The molecular formula is C24H24ClN3O2. The normalized spacial score (nSPS) is 15.0. The first-order valence-corrected chi connectivity index (χ1v) is 10.6. The summed E-state index contributed by atoms with van der Waals surface area (Å²) >= 11 is 6.18. The van der Waals surface area contributed by atoms with Crippen molar-refractivity contribution >= 4 is 28.7 Å². The molecule has 154 valence electrons. The van der Waals surface area contributed by atoms with E-state index in [4.69, 9.17) is 21.3 Å². The third-order valence-corrected chi connectivity index (χ3v) is 5.63. The minimum Gasteiger partial charge on any atom is -0.489 e. The van der Waals surface area contributed by atoms with Gasteiger partial charge in [-0.1, -0.05) is 55.7 Å². The van der Waals surface area contributed by atoms with Gasteiger partial charge in [-0.15, -0.1) is 0 Å². The molecule has 1 heterocycles. The van der Waals surface area contributed by atoms with Gasteiger partial charge in [-0.3, -0.25) is 4.79 Å². The van der Waals surface area contributed by atoms with Gasteiger partial charge in [0.1, 0.15) is 18.2 Å². The van der Waals surface area contributed by atoms with E-state index in [2.05, 4.69) is 11.7 Å². The summed E-state index contributed by atoms with van der Waals surface area (Å²) in [5.74, 6) is 1.58. The summed E-state index contributed by atoms with van der Waals surface area (Å²) in [6.07, 6.45) is 8.85. The number of nitrogens with zero attached hydrogens (tertiary/aromatic N) is 3. The van der Waals surface area contributed by atoms with E-state index in [1.807, 2.05) is 18.2 Å². The molecule has 0 bridgehead atoms. The second-order valence-corrected chi connectivity index (χ2v) is 7.90. The zero-order valence-corrected chi connectivity index (χ0v) is 17.5. The highest BCUT2D eigenvalue weighted by Crippen LogP contribution is 2.32. The molecule has 3 aromatic rings. The molecule has 4 rings (SSSR count). The molecule has 5 nitrogen and oxygen atoms in total. The van der Waals surface area contributed by atoms with Crippen LogP contribution in [0.15, 0.2) is 65.0 Å². The molecule has 0 spiro atoms. The van der Waals surface area contributed by atoms with E-state index in [9.17, 15) is 4.79 Å². The molecule has 1 aliphatic rings. The van der Waals surface area contributed by atoms with E-state index in [0.717, 1.165) is 31.5 Å². The quantitative estimate of drug-likeness (QED) is 0.387. The Bertz CT molecular complexity index is 1150. The van der Waals surface area contributed by atoms with Crippen molar-refractivity contribution in [3.05, 3.63) is 81.9 Å². The van der Waals surface area contributed by atoms with Gasteiger partial charge in [0.15, 0.2) is 0 Å². The Morgan fingerprint density at radius 2 is 2.00 bits per heavy atom. The maximum absolute atomic E-state index is 13.3. The smallest absolute Gasteiger partial charge is 0.282 e. The summed E-state index contributed by atoms with van der Waals surface area (Å²) in [5, 5.41) is 5.69. The Morgan fingerprint density at radius 3 is 2.80 bits per heavy atom. The van der Waals surface area contributed by atoms with Gasteiger partial charge in [0.05, 0.1) is 17.1 Å². The highest BCUT2D eigenvalue weighted by molar-refractivity contribution is 6.30. The van der Waals surface area contributed by atoms with Crippen molar-refractivity contribution in [3.8, 4) is 5.75 Å². The maximum Gasteiger partial charge on any atom is 0.282 e. The van der Waals surface area contributed by atoms with E-state index in [-0.39, 0.29) is 11.5 Å². The Labute approximate surface area is 180 Å². The molecular weight excluding hydrogens is 398 g/mol. The molecule has 0 aliphatic heterocycles. The molecule has 0 radical (unpaired) electrons. The molecule has 0 saturated heterocycles. The van der Waals surface area contributed by atoms with Crippen molar-refractivity contribution < 1.29 is 4.74 Å². The van der Waals surface area contributed by atoms with E-state index in [1.54, 1.807) is 36.6 Å². The van der Waals surface area contributed by atoms with Crippen molar-refractivity contribution in [2.45, 2.75) is 38.0 Å². The lowest BCUT2D eigenvalue weighted by Crippen LogP contribution is -2.25. The number of hydrogen-bond donors (Lipinski definition) is 0. The van der Waals surface area contributed by atoms with Gasteiger partial charge < -0.3 is 4.74 Å². The summed E-state index contributed by atoms with van der Waals surface area (Å²) in [5.41, 5.74) is 1.25. The number of fused-ring (bicyclic) bond motifs is 1. The lowest BCUT2D eigenvalue weighted by Gasteiger charge is -2.22. The topological polar surface area (TPSA) is 56.5 Å². The SMILES string of the molecule is C=CCOc1ccc(Cl)cc1C=Nn1c(C2CCCCC2)nc2ccccc2c1=O. The van der Waals surface area contributed by atoms with Gasteiger partial charge in [0.2, 0.25) is 0 Å². The minimum absolute atomic E-state index is 0.159. The van der Waals surface area contributed by atoms with Gasteiger partial charge in [-0.25, -0.2) is 4.98 Å². The molecule has 2 aromatic carbocycles. The van der Waals surface area contributed by atoms with E-state index in [1.165, 1.54) is 11.1 Å². The highest BCUT2D eigenvalue weighted by atomic mass is 35.5. The Kier molecular flexibility index (Phi) is 6.29. The van der Waals surface area contributed by atoms with Crippen molar-refractivity contribution in [1.82, 2.24) is 9.66 Å². The van der Waals surface area contributed by atoms with Crippen LogP contribution >= 0.6 is 11.6 Å². The maximum atomic E-state index is 13.3. The van der Waals surface area contributed by atoms with E-state index < -0.39 is 0 Å². The molecule has 0 N–H and O–H groups in total. The van der Waals surface area contributed by atoms with E-state index >= 15 is 0 Å². The summed E-state index contributed by atoms with van der Waals surface area (Å²) in [6.45, 7) is 4.05. The number of hydrogen-bond acceptors (Lipinski definition) is 4. The lowest BCUT2D eigenvalue weighted by atomic mass is 9.88. The Morgan fingerprint density at radius 1 is 1.20 bits per heavy atom. The first-order valence-electron chi connectivity index (χ1n) is 10.3. The van der Waals surface area contributed by atoms with Crippen LogP contribution in [-0.4, -0.2) is 22.5 Å². The minimum atomic E-state index is -0.159. The van der Waals surface area contributed by atoms with Crippen LogP contribution in [0.2, 0.25) is 5.02 Å². The molecule has 0 amide bonds. The summed E-state index contributed by atoms with van der Waals surface area (Å²) in [4.78, 5) is 18.1. The van der Waals surface area contributed by atoms with Crippen LogP contribution in [0.25, 0.3) is 10.9 Å². The average molecular weight is 422 g/mol. The second kappa shape index (κ2) is 9.26. The number of para-hydroxylation sites is 1. The van der Waals surface area contributed by atoms with Crippen LogP contribution in [-0.2, 0) is 0 Å². The predicted octanol–water partition coefficient (Wildman–Crippen LogP) is 5.54. The van der Waals surface area contributed by atoms with Gasteiger partial charge in [-0.05, 0) is 43.2 Å². The van der Waals surface area contributed by atoms with Crippen LogP contribution in [0.3, 0.4) is 0 Å². The zero-order chi connectivity index (χ0) is 20.9. The standard InChI is InChI=1S/C24H24ClN3O2/c1-2-14-30-22-13-12-19(25)15-18(22)16-26-28-23(17-8-4-3-5-9-17)27-21-11-7-6-10-20(21)24(28)29/h2,6-7,10-13,15-17H,1,3-5,8-9,14H2. The third-order valence-electron chi connectivity index (χ3n) is 5.39. The molecule has 0 unspecified atom stereocenters. The molecule has 1 saturated carbocycles. The fourth-order valence-electron chi connectivity index (χ4n) is 3.90. The Balaban J connectivity index is 1.82. The van der Waals surface area contributed by atoms with Crippen molar-refractivity contribution in [1.29, 1.82) is 0 Å². The molecule has 1 aliphatic carbocycles. The number of rotatable bonds is 6. The number of ether oxygens (including phenoxy) is 1. The molecule has 0 atom stereocenters. The van der Waals surface area contributed by atoms with Crippen LogP contribution in [0.1, 0.15) is 49.4 Å².